The molecule has 9 heteroatoms. The van der Waals surface area contributed by atoms with E-state index < -0.39 is 34.3 Å². The van der Waals surface area contributed by atoms with Crippen LogP contribution in [0.25, 0.3) is 0 Å². The first-order chi connectivity index (χ1) is 16.3. The molecule has 0 aromatic heterocycles. The molecule has 0 bridgehead atoms. The maximum absolute atomic E-state index is 13.6. The fourth-order valence-corrected chi connectivity index (χ4v) is 4.58. The summed E-state index contributed by atoms with van der Waals surface area (Å²) in [6.07, 6.45) is 1.37. The number of benzene rings is 2. The third kappa shape index (κ3) is 8.06. The van der Waals surface area contributed by atoms with Crippen molar-refractivity contribution in [1.82, 2.24) is 10.2 Å². The molecular formula is C26H36FN3O4S. The van der Waals surface area contributed by atoms with Gasteiger partial charge in [0.15, 0.2) is 0 Å². The standard InChI is InChI=1S/C26H36FN3O4S/c1-7-24(26(32)28-19(4)5)29(16-20-8-12-22(27)13-9-20)25(31)17-30(35(6,33)34)23-14-10-21(11-15-23)18(2)3/h8-15,18-19,24H,7,16-17H2,1-6H3,(H,28,32). The molecule has 7 nitrogen and oxygen atoms in total. The molecule has 35 heavy (non-hydrogen) atoms. The lowest BCUT2D eigenvalue weighted by Gasteiger charge is -2.33. The number of nitrogens with one attached hydrogen (secondary N) is 1. The number of rotatable bonds is 11. The van der Waals surface area contributed by atoms with Crippen molar-refractivity contribution in [3.63, 3.8) is 0 Å². The topological polar surface area (TPSA) is 86.8 Å². The Bertz CT molecular complexity index is 1100. The van der Waals surface area contributed by atoms with Crippen LogP contribution in [0.5, 0.6) is 0 Å². The quantitative estimate of drug-likeness (QED) is 0.499. The number of hydrogen-bond acceptors (Lipinski definition) is 4. The zero-order valence-corrected chi connectivity index (χ0v) is 22.1. The van der Waals surface area contributed by atoms with Crippen molar-refractivity contribution in [2.45, 2.75) is 65.6 Å². The van der Waals surface area contributed by atoms with Crippen molar-refractivity contribution in [2.24, 2.45) is 0 Å². The van der Waals surface area contributed by atoms with Crippen LogP contribution in [-0.4, -0.2) is 50.0 Å². The molecule has 1 atom stereocenters. The molecule has 192 valence electrons. The van der Waals surface area contributed by atoms with E-state index in [0.717, 1.165) is 16.1 Å². The van der Waals surface area contributed by atoms with Gasteiger partial charge in [0.1, 0.15) is 18.4 Å². The smallest absolute Gasteiger partial charge is 0.244 e. The molecule has 0 saturated carbocycles. The molecule has 2 aromatic carbocycles. The molecule has 2 amide bonds. The van der Waals surface area contributed by atoms with E-state index in [1.54, 1.807) is 31.2 Å². The van der Waals surface area contributed by atoms with Crippen molar-refractivity contribution in [2.75, 3.05) is 17.1 Å². The van der Waals surface area contributed by atoms with E-state index in [0.29, 0.717) is 17.7 Å². The van der Waals surface area contributed by atoms with E-state index in [2.05, 4.69) is 5.32 Å². The highest BCUT2D eigenvalue weighted by Crippen LogP contribution is 2.23. The van der Waals surface area contributed by atoms with Gasteiger partial charge in [-0.3, -0.25) is 13.9 Å². The lowest BCUT2D eigenvalue weighted by atomic mass is 10.0. The van der Waals surface area contributed by atoms with Crippen LogP contribution in [0.15, 0.2) is 48.5 Å². The van der Waals surface area contributed by atoms with E-state index in [9.17, 15) is 22.4 Å². The fourth-order valence-electron chi connectivity index (χ4n) is 3.73. The average molecular weight is 506 g/mol. The summed E-state index contributed by atoms with van der Waals surface area (Å²) < 4.78 is 39.8. The summed E-state index contributed by atoms with van der Waals surface area (Å²) in [5.74, 6) is -0.999. The summed E-state index contributed by atoms with van der Waals surface area (Å²) in [5, 5.41) is 2.83. The Morgan fingerprint density at radius 1 is 0.971 bits per heavy atom. The molecule has 1 N–H and O–H groups in total. The Morgan fingerprint density at radius 2 is 1.54 bits per heavy atom. The highest BCUT2D eigenvalue weighted by Gasteiger charge is 2.32. The van der Waals surface area contributed by atoms with Gasteiger partial charge >= 0.3 is 0 Å². The van der Waals surface area contributed by atoms with Crippen LogP contribution in [0.2, 0.25) is 0 Å². The summed E-state index contributed by atoms with van der Waals surface area (Å²) in [4.78, 5) is 27.9. The van der Waals surface area contributed by atoms with Crippen LogP contribution in [0.4, 0.5) is 10.1 Å². The lowest BCUT2D eigenvalue weighted by Crippen LogP contribution is -2.53. The van der Waals surface area contributed by atoms with Gasteiger partial charge in [-0.2, -0.15) is 0 Å². The van der Waals surface area contributed by atoms with Crippen LogP contribution in [0, 0.1) is 5.82 Å². The van der Waals surface area contributed by atoms with Crippen LogP contribution >= 0.6 is 0 Å². The van der Waals surface area contributed by atoms with Crippen molar-refractivity contribution >= 4 is 27.5 Å². The predicted octanol–water partition coefficient (Wildman–Crippen LogP) is 4.05. The van der Waals surface area contributed by atoms with E-state index in [1.807, 2.05) is 39.8 Å². The molecule has 0 fully saturated rings. The van der Waals surface area contributed by atoms with Gasteiger partial charge in [0, 0.05) is 12.6 Å². The van der Waals surface area contributed by atoms with Gasteiger partial charge < -0.3 is 10.2 Å². The zero-order valence-electron chi connectivity index (χ0n) is 21.3. The van der Waals surface area contributed by atoms with E-state index in [4.69, 9.17) is 0 Å². The van der Waals surface area contributed by atoms with Gasteiger partial charge in [-0.15, -0.1) is 0 Å². The average Bonchev–Trinajstić information content (AvgIpc) is 2.77. The number of amides is 2. The first kappa shape index (κ1) is 28.3. The summed E-state index contributed by atoms with van der Waals surface area (Å²) in [5.41, 5.74) is 2.04. The van der Waals surface area contributed by atoms with E-state index >= 15 is 0 Å². The minimum atomic E-state index is -3.79. The minimum absolute atomic E-state index is 0.0347. The second-order valence-electron chi connectivity index (χ2n) is 9.25. The zero-order chi connectivity index (χ0) is 26.3. The highest BCUT2D eigenvalue weighted by atomic mass is 32.2. The Labute approximate surface area is 208 Å². The fraction of sp³-hybridized carbons (Fsp3) is 0.462. The first-order valence-electron chi connectivity index (χ1n) is 11.7. The number of carbonyl (C=O) groups is 2. The summed E-state index contributed by atoms with van der Waals surface area (Å²) in [7, 11) is -3.79. The monoisotopic (exact) mass is 505 g/mol. The number of sulfonamides is 1. The second-order valence-corrected chi connectivity index (χ2v) is 11.2. The van der Waals surface area contributed by atoms with Crippen LogP contribution in [0.3, 0.4) is 0 Å². The van der Waals surface area contributed by atoms with Crippen LogP contribution in [0.1, 0.15) is 58.1 Å². The normalized spacial score (nSPS) is 12.5. The molecule has 0 spiro atoms. The van der Waals surface area contributed by atoms with E-state index in [-0.39, 0.29) is 24.4 Å². The second kappa shape index (κ2) is 12.2. The summed E-state index contributed by atoms with van der Waals surface area (Å²) in [6, 6.07) is 11.7. The molecule has 0 saturated heterocycles. The highest BCUT2D eigenvalue weighted by molar-refractivity contribution is 7.92. The summed E-state index contributed by atoms with van der Waals surface area (Å²) in [6.45, 7) is 9.07. The Kier molecular flexibility index (Phi) is 9.82. The molecule has 0 radical (unpaired) electrons. The molecule has 2 aromatic rings. The summed E-state index contributed by atoms with van der Waals surface area (Å²) >= 11 is 0. The predicted molar refractivity (Wildman–Crippen MR) is 137 cm³/mol. The number of hydrogen-bond donors (Lipinski definition) is 1. The van der Waals surface area contributed by atoms with Crippen molar-refractivity contribution in [1.29, 1.82) is 0 Å². The van der Waals surface area contributed by atoms with Gasteiger partial charge in [0.25, 0.3) is 0 Å². The van der Waals surface area contributed by atoms with Crippen LogP contribution < -0.4 is 9.62 Å². The Hall–Kier alpha value is -2.94. The van der Waals surface area contributed by atoms with Gasteiger partial charge in [0.2, 0.25) is 21.8 Å². The first-order valence-corrected chi connectivity index (χ1v) is 13.6. The van der Waals surface area contributed by atoms with E-state index in [1.165, 1.54) is 17.0 Å². The van der Waals surface area contributed by atoms with Crippen molar-refractivity contribution in [3.05, 3.63) is 65.5 Å². The molecular weight excluding hydrogens is 469 g/mol. The lowest BCUT2D eigenvalue weighted by molar-refractivity contribution is -0.140. The van der Waals surface area contributed by atoms with Gasteiger partial charge in [0.05, 0.1) is 11.9 Å². The number of carbonyl (C=O) groups excluding carboxylic acids is 2. The number of anilines is 1. The molecule has 1 unspecified atom stereocenters. The Morgan fingerprint density at radius 3 is 2.00 bits per heavy atom. The van der Waals surface area contributed by atoms with Crippen molar-refractivity contribution < 1.29 is 22.4 Å². The van der Waals surface area contributed by atoms with Crippen molar-refractivity contribution in [3.8, 4) is 0 Å². The maximum atomic E-state index is 13.6. The van der Waals surface area contributed by atoms with Gasteiger partial charge in [-0.25, -0.2) is 12.8 Å². The van der Waals surface area contributed by atoms with Gasteiger partial charge in [-0.1, -0.05) is 45.0 Å². The maximum Gasteiger partial charge on any atom is 0.244 e. The molecule has 0 aliphatic carbocycles. The molecule has 0 aliphatic heterocycles. The third-order valence-electron chi connectivity index (χ3n) is 5.61. The van der Waals surface area contributed by atoms with Crippen LogP contribution in [-0.2, 0) is 26.2 Å². The minimum Gasteiger partial charge on any atom is -0.352 e. The molecule has 0 aliphatic rings. The molecule has 0 heterocycles. The largest absolute Gasteiger partial charge is 0.352 e. The number of halogens is 1. The third-order valence-corrected chi connectivity index (χ3v) is 6.75. The van der Waals surface area contributed by atoms with Gasteiger partial charge in [-0.05, 0) is 61.6 Å². The SMILES string of the molecule is CCC(C(=O)NC(C)C)N(Cc1ccc(F)cc1)C(=O)CN(c1ccc(C(C)C)cc1)S(C)(=O)=O. The molecule has 2 rings (SSSR count). The number of nitrogens with zero attached hydrogens (tertiary/aromatic N) is 2. The Balaban J connectivity index is 2.42.